The molecule has 1 aromatic carbocycles. The Morgan fingerprint density at radius 3 is 2.93 bits per heavy atom. The van der Waals surface area contributed by atoms with E-state index in [1.54, 1.807) is 11.3 Å². The predicted octanol–water partition coefficient (Wildman–Crippen LogP) is 2.23. The number of fused-ring (bicyclic) bond motifs is 1. The molecule has 1 aliphatic heterocycles. The van der Waals surface area contributed by atoms with Crippen LogP contribution in [-0.4, -0.2) is 54.2 Å². The second-order valence-electron chi connectivity index (χ2n) is 7.48. The Kier molecular flexibility index (Phi) is 4.78. The molecule has 3 aromatic rings. The van der Waals surface area contributed by atoms with E-state index in [4.69, 9.17) is 9.15 Å². The van der Waals surface area contributed by atoms with Crippen LogP contribution in [0, 0.1) is 5.92 Å². The van der Waals surface area contributed by atoms with Crippen LogP contribution < -0.4 is 15.0 Å². The molecule has 9 nitrogen and oxygen atoms in total. The molecule has 0 bridgehead atoms. The molecule has 2 fully saturated rings. The second kappa shape index (κ2) is 7.60. The summed E-state index contributed by atoms with van der Waals surface area (Å²) in [6.07, 6.45) is 2.71. The molecule has 5 rings (SSSR count). The molecule has 1 aliphatic carbocycles. The fraction of sp³-hybridized carbons (Fsp3) is 0.400. The minimum atomic E-state index is -0.539. The van der Waals surface area contributed by atoms with Crippen molar-refractivity contribution in [1.82, 2.24) is 15.3 Å². The molecule has 0 radical (unpaired) electrons. The van der Waals surface area contributed by atoms with Crippen LogP contribution in [0.15, 0.2) is 34.4 Å². The highest BCUT2D eigenvalue weighted by Crippen LogP contribution is 2.35. The second-order valence-corrected chi connectivity index (χ2v) is 8.37. The van der Waals surface area contributed by atoms with Crippen LogP contribution in [0.2, 0.25) is 0 Å². The predicted molar refractivity (Wildman–Crippen MR) is 109 cm³/mol. The van der Waals surface area contributed by atoms with Gasteiger partial charge in [-0.15, -0.1) is 11.3 Å². The van der Waals surface area contributed by atoms with Gasteiger partial charge in [-0.1, -0.05) is 6.07 Å². The number of nitrogens with zero attached hydrogens (tertiary/aromatic N) is 3. The Morgan fingerprint density at radius 1 is 1.30 bits per heavy atom. The number of thiazole rings is 1. The number of carbonyl (C=O) groups excluding carboxylic acids is 2. The van der Waals surface area contributed by atoms with Crippen molar-refractivity contribution < 1.29 is 23.5 Å². The molecule has 1 saturated heterocycles. The van der Waals surface area contributed by atoms with Gasteiger partial charge in [-0.3, -0.25) is 4.79 Å². The number of carbonyl (C=O) groups is 2. The standard InChI is InChI=1S/C20H20N4O5S/c1-27-19(26)14-9-28-20(23-14)24-7-12(8-24)22-18(25)11-5-13(6-11)29-15-3-2-4-16-17(15)21-10-30-16/h2-4,9-13H,5-8H2,1H3,(H,22,25)/t11-,13-. The molecule has 2 aliphatic rings. The number of benzene rings is 1. The summed E-state index contributed by atoms with van der Waals surface area (Å²) in [5.41, 5.74) is 2.82. The zero-order chi connectivity index (χ0) is 20.7. The van der Waals surface area contributed by atoms with E-state index < -0.39 is 5.97 Å². The van der Waals surface area contributed by atoms with Crippen LogP contribution in [0.25, 0.3) is 10.2 Å². The number of hydrogen-bond acceptors (Lipinski definition) is 9. The van der Waals surface area contributed by atoms with E-state index in [2.05, 4.69) is 20.0 Å². The van der Waals surface area contributed by atoms with Gasteiger partial charge in [0.05, 0.1) is 23.4 Å². The number of anilines is 1. The first-order chi connectivity index (χ1) is 14.6. The fourth-order valence-corrected chi connectivity index (χ4v) is 4.36. The molecule has 3 heterocycles. The summed E-state index contributed by atoms with van der Waals surface area (Å²) in [7, 11) is 1.29. The number of ether oxygens (including phenoxy) is 2. The summed E-state index contributed by atoms with van der Waals surface area (Å²) < 4.78 is 17.1. The maximum absolute atomic E-state index is 12.5. The highest BCUT2D eigenvalue weighted by atomic mass is 32.1. The molecule has 0 unspecified atom stereocenters. The number of aromatic nitrogens is 2. The summed E-state index contributed by atoms with van der Waals surface area (Å²) in [4.78, 5) is 34.2. The molecule has 1 N–H and O–H groups in total. The van der Waals surface area contributed by atoms with Crippen molar-refractivity contribution in [2.45, 2.75) is 25.0 Å². The van der Waals surface area contributed by atoms with Gasteiger partial charge in [0.25, 0.3) is 6.01 Å². The third-order valence-corrected chi connectivity index (χ3v) is 6.26. The Bertz CT molecular complexity index is 1080. The Labute approximate surface area is 176 Å². The fourth-order valence-electron chi connectivity index (χ4n) is 3.66. The number of para-hydroxylation sites is 1. The number of rotatable bonds is 6. The molecule has 10 heteroatoms. The van der Waals surface area contributed by atoms with Gasteiger partial charge in [-0.05, 0) is 25.0 Å². The van der Waals surface area contributed by atoms with E-state index in [0.717, 1.165) is 16.0 Å². The minimum Gasteiger partial charge on any atom is -0.488 e. The molecule has 0 atom stereocenters. The molecule has 30 heavy (non-hydrogen) atoms. The van der Waals surface area contributed by atoms with Crippen molar-refractivity contribution in [2.75, 3.05) is 25.1 Å². The first kappa shape index (κ1) is 18.9. The summed E-state index contributed by atoms with van der Waals surface area (Å²) in [6.45, 7) is 1.18. The van der Waals surface area contributed by atoms with E-state index in [9.17, 15) is 9.59 Å². The van der Waals surface area contributed by atoms with Gasteiger partial charge in [0.15, 0.2) is 5.69 Å². The van der Waals surface area contributed by atoms with Crippen molar-refractivity contribution in [2.24, 2.45) is 5.92 Å². The van der Waals surface area contributed by atoms with Gasteiger partial charge >= 0.3 is 5.97 Å². The number of nitrogens with one attached hydrogen (secondary N) is 1. The van der Waals surface area contributed by atoms with Crippen LogP contribution in [0.4, 0.5) is 6.01 Å². The van der Waals surface area contributed by atoms with Crippen molar-refractivity contribution in [1.29, 1.82) is 0 Å². The lowest BCUT2D eigenvalue weighted by Crippen LogP contribution is -2.61. The van der Waals surface area contributed by atoms with E-state index >= 15 is 0 Å². The van der Waals surface area contributed by atoms with Gasteiger partial charge in [0, 0.05) is 19.0 Å². The highest BCUT2D eigenvalue weighted by Gasteiger charge is 2.39. The maximum atomic E-state index is 12.5. The van der Waals surface area contributed by atoms with Gasteiger partial charge in [0.2, 0.25) is 5.91 Å². The normalized spacial score (nSPS) is 21.0. The van der Waals surface area contributed by atoms with E-state index in [0.29, 0.717) is 31.9 Å². The van der Waals surface area contributed by atoms with Crippen molar-refractivity contribution in [3.63, 3.8) is 0 Å². The van der Waals surface area contributed by atoms with Gasteiger partial charge in [0.1, 0.15) is 23.6 Å². The third kappa shape index (κ3) is 3.47. The number of hydrogen-bond donors (Lipinski definition) is 1. The zero-order valence-electron chi connectivity index (χ0n) is 16.2. The molecule has 1 amide bonds. The van der Waals surface area contributed by atoms with E-state index in [1.807, 2.05) is 28.6 Å². The SMILES string of the molecule is COC(=O)c1coc(N2CC(NC(=O)[C@H]3C[C@H](Oc4cccc5scnc45)C3)C2)n1. The highest BCUT2D eigenvalue weighted by molar-refractivity contribution is 7.16. The number of oxazole rings is 1. The lowest BCUT2D eigenvalue weighted by atomic mass is 9.81. The Morgan fingerprint density at radius 2 is 2.13 bits per heavy atom. The first-order valence-electron chi connectivity index (χ1n) is 9.68. The quantitative estimate of drug-likeness (QED) is 0.596. The topological polar surface area (TPSA) is 107 Å². The van der Waals surface area contributed by atoms with Crippen LogP contribution in [0.5, 0.6) is 5.75 Å². The van der Waals surface area contributed by atoms with Crippen molar-refractivity contribution in [3.8, 4) is 5.75 Å². The molecule has 156 valence electrons. The Hall–Kier alpha value is -3.14. The molecule has 0 spiro atoms. The molecule has 2 aromatic heterocycles. The van der Waals surface area contributed by atoms with Crippen LogP contribution in [0.1, 0.15) is 23.3 Å². The first-order valence-corrected chi connectivity index (χ1v) is 10.6. The zero-order valence-corrected chi connectivity index (χ0v) is 17.1. The maximum Gasteiger partial charge on any atom is 0.360 e. The summed E-state index contributed by atoms with van der Waals surface area (Å²) in [5, 5.41) is 3.06. The van der Waals surface area contributed by atoms with Crippen molar-refractivity contribution in [3.05, 3.63) is 35.7 Å². The minimum absolute atomic E-state index is 0.0358. The van der Waals surface area contributed by atoms with Gasteiger partial charge < -0.3 is 24.1 Å². The largest absolute Gasteiger partial charge is 0.488 e. The summed E-state index contributed by atoms with van der Waals surface area (Å²) >= 11 is 1.58. The average Bonchev–Trinajstić information content (AvgIpc) is 3.35. The van der Waals surface area contributed by atoms with Crippen LogP contribution >= 0.6 is 11.3 Å². The number of amides is 1. The van der Waals surface area contributed by atoms with E-state index in [-0.39, 0.29) is 29.7 Å². The third-order valence-electron chi connectivity index (χ3n) is 5.47. The summed E-state index contributed by atoms with van der Waals surface area (Å²) in [6, 6.07) is 6.30. The molecular weight excluding hydrogens is 408 g/mol. The van der Waals surface area contributed by atoms with Crippen LogP contribution in [0.3, 0.4) is 0 Å². The molecular formula is C20H20N4O5S. The smallest absolute Gasteiger partial charge is 0.360 e. The number of methoxy groups -OCH3 is 1. The average molecular weight is 428 g/mol. The van der Waals surface area contributed by atoms with Gasteiger partial charge in [-0.25, -0.2) is 9.78 Å². The molecule has 1 saturated carbocycles. The monoisotopic (exact) mass is 428 g/mol. The van der Waals surface area contributed by atoms with Crippen LogP contribution in [-0.2, 0) is 9.53 Å². The Balaban J connectivity index is 1.07. The lowest BCUT2D eigenvalue weighted by Gasteiger charge is -2.41. The van der Waals surface area contributed by atoms with Crippen molar-refractivity contribution >= 4 is 39.4 Å². The van der Waals surface area contributed by atoms with Gasteiger partial charge in [-0.2, -0.15) is 4.98 Å². The summed E-state index contributed by atoms with van der Waals surface area (Å²) in [5.74, 6) is 0.257. The lowest BCUT2D eigenvalue weighted by molar-refractivity contribution is -0.131. The van der Waals surface area contributed by atoms with E-state index in [1.165, 1.54) is 13.4 Å². The number of esters is 1.